The molecule has 1 unspecified atom stereocenters. The highest BCUT2D eigenvalue weighted by molar-refractivity contribution is 7.47. The molecular weight excluding hydrogens is 818 g/mol. The zero-order valence-electron chi connectivity index (χ0n) is 36.2. The zero-order valence-corrected chi connectivity index (χ0v) is 39.4. The summed E-state index contributed by atoms with van der Waals surface area (Å²) in [6.45, 7) is 5.58. The summed E-state index contributed by atoms with van der Waals surface area (Å²) < 4.78 is 37.7. The molecule has 16 heteroatoms. The molecule has 1 amide bonds. The van der Waals surface area contributed by atoms with E-state index in [0.29, 0.717) is 30.4 Å². The number of amides is 1. The lowest BCUT2D eigenvalue weighted by atomic mass is 10.0. The number of phosphoric ester groups is 1. The van der Waals surface area contributed by atoms with Crippen molar-refractivity contribution in [2.45, 2.75) is 190 Å². The van der Waals surface area contributed by atoms with Gasteiger partial charge in [-0.05, 0) is 33.1 Å². The van der Waals surface area contributed by atoms with E-state index in [4.69, 9.17) is 58.1 Å². The van der Waals surface area contributed by atoms with Gasteiger partial charge < -0.3 is 28.9 Å². The number of carbonyl (C=O) groups is 3. The van der Waals surface area contributed by atoms with Crippen molar-refractivity contribution in [2.75, 3.05) is 54.1 Å². The summed E-state index contributed by atoms with van der Waals surface area (Å²) in [7, 11) is 1.39. The Labute approximate surface area is 360 Å². The number of quaternary nitrogens is 1. The number of carbonyl (C=O) groups excluding carboxylic acids is 3. The third-order valence-corrected chi connectivity index (χ3v) is 11.9. The van der Waals surface area contributed by atoms with Gasteiger partial charge in [0.05, 0.1) is 27.7 Å². The van der Waals surface area contributed by atoms with Crippen LogP contribution in [0.1, 0.15) is 175 Å². The monoisotopic (exact) mass is 895 g/mol. The molecule has 0 rings (SSSR count). The predicted octanol–water partition coefficient (Wildman–Crippen LogP) is 11.5. The third kappa shape index (κ3) is 35.6. The quantitative estimate of drug-likeness (QED) is 0.0154. The van der Waals surface area contributed by atoms with Gasteiger partial charge in [0.25, 0.3) is 0 Å². The molecule has 57 heavy (non-hydrogen) atoms. The van der Waals surface area contributed by atoms with Crippen LogP contribution in [-0.4, -0.2) is 97.0 Å². The molecule has 0 aromatic heterocycles. The molecule has 0 fully saturated rings. The first-order valence-electron chi connectivity index (χ1n) is 21.6. The van der Waals surface area contributed by atoms with Crippen molar-refractivity contribution in [1.82, 2.24) is 5.32 Å². The van der Waals surface area contributed by atoms with Crippen molar-refractivity contribution >= 4 is 60.7 Å². The second-order valence-electron chi connectivity index (χ2n) is 16.7. The fourth-order valence-electron chi connectivity index (χ4n) is 5.70. The van der Waals surface area contributed by atoms with Crippen LogP contribution in [0.25, 0.3) is 0 Å². The smallest absolute Gasteiger partial charge is 0.462 e. The van der Waals surface area contributed by atoms with Gasteiger partial charge in [-0.3, -0.25) is 18.6 Å². The highest BCUT2D eigenvalue weighted by Gasteiger charge is 2.44. The van der Waals surface area contributed by atoms with E-state index in [1.165, 1.54) is 71.6 Å². The minimum Gasteiger partial charge on any atom is -0.462 e. The lowest BCUT2D eigenvalue weighted by Gasteiger charge is -2.31. The molecule has 0 bridgehead atoms. The molecule has 0 heterocycles. The maximum atomic E-state index is 12.7. The number of nitrogens with one attached hydrogen (secondary N) is 1. The molecule has 0 aromatic rings. The Morgan fingerprint density at radius 3 is 1.56 bits per heavy atom. The Morgan fingerprint density at radius 1 is 0.667 bits per heavy atom. The normalized spacial score (nSPS) is 13.9. The molecule has 0 saturated carbocycles. The first-order chi connectivity index (χ1) is 26.8. The number of hydrogen-bond acceptors (Lipinski definition) is 9. The summed E-state index contributed by atoms with van der Waals surface area (Å²) in [5.74, 6) is -0.882. The van der Waals surface area contributed by atoms with Crippen LogP contribution >= 0.6 is 42.6 Å². The van der Waals surface area contributed by atoms with Gasteiger partial charge >= 0.3 is 25.9 Å². The third-order valence-electron chi connectivity index (χ3n) is 9.51. The summed E-state index contributed by atoms with van der Waals surface area (Å²) in [6, 6.07) is 0. The number of esters is 2. The van der Waals surface area contributed by atoms with Crippen LogP contribution in [0, 0.1) is 0 Å². The highest BCUT2D eigenvalue weighted by Crippen LogP contribution is 2.43. The maximum Gasteiger partial charge on any atom is 0.472 e. The molecule has 0 aliphatic rings. The van der Waals surface area contributed by atoms with E-state index in [1.807, 2.05) is 21.1 Å². The summed E-state index contributed by atoms with van der Waals surface area (Å²) in [4.78, 5) is 47.3. The first kappa shape index (κ1) is 56.1. The molecule has 2 N–H and O–H groups in total. The Kier molecular flexibility index (Phi) is 32.4. The van der Waals surface area contributed by atoms with Crippen LogP contribution < -0.4 is 5.32 Å². The summed E-state index contributed by atoms with van der Waals surface area (Å²) in [6.07, 6.45) is 23.0. The molecule has 0 aliphatic heterocycles. The number of ether oxygens (including phenoxy) is 3. The Hall–Kier alpha value is -0.850. The van der Waals surface area contributed by atoms with Gasteiger partial charge in [-0.2, -0.15) is 0 Å². The van der Waals surface area contributed by atoms with Gasteiger partial charge in [0.2, 0.25) is 3.79 Å². The summed E-state index contributed by atoms with van der Waals surface area (Å²) >= 11 is 17.5. The van der Waals surface area contributed by atoms with Gasteiger partial charge in [-0.15, -0.1) is 0 Å². The van der Waals surface area contributed by atoms with Gasteiger partial charge in [-0.25, -0.2) is 9.36 Å². The molecule has 2 atom stereocenters. The number of hydrogen-bond donors (Lipinski definition) is 2. The fraction of sp³-hybridized carbons (Fsp3) is 0.927. The molecule has 0 radical (unpaired) electrons. The zero-order chi connectivity index (χ0) is 43.1. The number of phosphoric acid groups is 1. The van der Waals surface area contributed by atoms with E-state index in [9.17, 15) is 23.8 Å². The topological polar surface area (TPSA) is 147 Å². The van der Waals surface area contributed by atoms with E-state index >= 15 is 0 Å². The van der Waals surface area contributed by atoms with E-state index in [1.54, 1.807) is 0 Å². The molecule has 0 aromatic carbocycles. The summed E-state index contributed by atoms with van der Waals surface area (Å²) in [5.41, 5.74) is -1.25. The van der Waals surface area contributed by atoms with Crippen LogP contribution in [0.5, 0.6) is 0 Å². The van der Waals surface area contributed by atoms with Gasteiger partial charge in [0.1, 0.15) is 19.8 Å². The SMILES string of the molecule is CCCCCCCCCCCCCCCC(=O)O[C@H](COC(=O)CCCCCCCCCCCNC(=O)OC(C)(C)C(Cl)(Cl)Cl)COP(=O)(O)OCC[N+](C)(C)C. The van der Waals surface area contributed by atoms with Gasteiger partial charge in [0.15, 0.2) is 11.7 Å². The number of likely N-dealkylation sites (N-methyl/N-ethyl adjacent to an activating group) is 1. The van der Waals surface area contributed by atoms with Crippen molar-refractivity contribution in [3.63, 3.8) is 0 Å². The second-order valence-corrected chi connectivity index (χ2v) is 20.4. The average Bonchev–Trinajstić information content (AvgIpc) is 3.10. The Bertz CT molecular complexity index is 1110. The Morgan fingerprint density at radius 2 is 1.11 bits per heavy atom. The number of alkyl carbamates (subject to hydrolysis) is 1. The molecule has 12 nitrogen and oxygen atoms in total. The van der Waals surface area contributed by atoms with Crippen molar-refractivity contribution in [3.05, 3.63) is 0 Å². The van der Waals surface area contributed by atoms with E-state index in [0.717, 1.165) is 70.6 Å². The van der Waals surface area contributed by atoms with E-state index in [2.05, 4.69) is 12.2 Å². The van der Waals surface area contributed by atoms with Crippen LogP contribution in [0.4, 0.5) is 4.79 Å². The fourth-order valence-corrected chi connectivity index (χ4v) is 6.56. The molecule has 0 saturated heterocycles. The maximum absolute atomic E-state index is 12.7. The number of rotatable bonds is 37. The molecular formula is C41H79Cl3N2O10P+. The molecule has 0 aliphatic carbocycles. The molecule has 0 spiro atoms. The predicted molar refractivity (Wildman–Crippen MR) is 231 cm³/mol. The van der Waals surface area contributed by atoms with Crippen LogP contribution in [-0.2, 0) is 37.4 Å². The van der Waals surface area contributed by atoms with E-state index < -0.39 is 48.0 Å². The largest absolute Gasteiger partial charge is 0.472 e. The standard InChI is InChI=1S/C41H78Cl3N2O10P/c1-7-8-9-10-11-12-13-14-15-17-21-24-27-30-38(48)55-36(35-54-57(50,51)53-33-32-46(4,5)6)34-52-37(47)29-26-23-20-18-16-19-22-25-28-31-45-39(49)56-40(2,3)41(42,43)44/h36H,7-35H2,1-6H3,(H-,45,49,50,51)/p+1/t36-/m1/s1. The lowest BCUT2D eigenvalue weighted by Crippen LogP contribution is -2.44. The number of alkyl halides is 3. The number of halogens is 3. The molecule has 338 valence electrons. The number of nitrogens with zero attached hydrogens (tertiary/aromatic N) is 1. The van der Waals surface area contributed by atoms with Gasteiger partial charge in [0, 0.05) is 19.4 Å². The van der Waals surface area contributed by atoms with Crippen molar-refractivity contribution in [2.24, 2.45) is 0 Å². The van der Waals surface area contributed by atoms with Crippen molar-refractivity contribution in [1.29, 1.82) is 0 Å². The van der Waals surface area contributed by atoms with E-state index in [-0.39, 0.29) is 26.1 Å². The minimum atomic E-state index is -4.40. The second kappa shape index (κ2) is 32.9. The lowest BCUT2D eigenvalue weighted by molar-refractivity contribution is -0.870. The average molecular weight is 897 g/mol. The van der Waals surface area contributed by atoms with Crippen LogP contribution in [0.2, 0.25) is 0 Å². The summed E-state index contributed by atoms with van der Waals surface area (Å²) in [5, 5.41) is 2.68. The highest BCUT2D eigenvalue weighted by atomic mass is 35.6. The van der Waals surface area contributed by atoms with Crippen molar-refractivity contribution in [3.8, 4) is 0 Å². The van der Waals surface area contributed by atoms with Crippen molar-refractivity contribution < 1.29 is 51.6 Å². The first-order valence-corrected chi connectivity index (χ1v) is 24.2. The van der Waals surface area contributed by atoms with Crippen LogP contribution in [0.3, 0.4) is 0 Å². The minimum absolute atomic E-state index is 0.00832. The van der Waals surface area contributed by atoms with Crippen LogP contribution in [0.15, 0.2) is 0 Å². The van der Waals surface area contributed by atoms with Gasteiger partial charge in [-0.1, -0.05) is 164 Å². The Balaban J connectivity index is 4.36. The number of unbranched alkanes of at least 4 members (excludes halogenated alkanes) is 20.